The molecule has 270 valence electrons. The van der Waals surface area contributed by atoms with Gasteiger partial charge < -0.3 is 35.5 Å². The number of carbonyl (C=O) groups excluding carboxylic acids is 3. The number of halogens is 2. The highest BCUT2D eigenvalue weighted by atomic mass is 19.3. The number of hydrogen-bond donors (Lipinski definition) is 3. The molecule has 11 nitrogen and oxygen atoms in total. The van der Waals surface area contributed by atoms with Gasteiger partial charge in [-0.15, -0.1) is 0 Å². The Morgan fingerprint density at radius 3 is 2.50 bits per heavy atom. The summed E-state index contributed by atoms with van der Waals surface area (Å²) in [5, 5.41) is 5.78. The van der Waals surface area contributed by atoms with Gasteiger partial charge in [0.1, 0.15) is 11.7 Å². The van der Waals surface area contributed by atoms with E-state index in [1.807, 2.05) is 36.4 Å². The van der Waals surface area contributed by atoms with Crippen LogP contribution in [0.15, 0.2) is 72.8 Å². The van der Waals surface area contributed by atoms with Crippen LogP contribution in [0.5, 0.6) is 11.5 Å². The molecule has 3 aliphatic rings. The molecule has 2 atom stereocenters. The zero-order valence-corrected chi connectivity index (χ0v) is 28.6. The number of ether oxygens (including phenoxy) is 3. The van der Waals surface area contributed by atoms with Gasteiger partial charge in [0.25, 0.3) is 5.91 Å². The van der Waals surface area contributed by atoms with Crippen molar-refractivity contribution in [1.82, 2.24) is 15.2 Å². The normalized spacial score (nSPS) is 17.9. The van der Waals surface area contributed by atoms with Crippen molar-refractivity contribution in [3.05, 3.63) is 101 Å². The number of carbonyl (C=O) groups is 3. The summed E-state index contributed by atoms with van der Waals surface area (Å²) < 4.78 is 42.5. The Morgan fingerprint density at radius 2 is 1.75 bits per heavy atom. The number of nitrogens with one attached hydrogen (secondary N) is 2. The Kier molecular flexibility index (Phi) is 10.0. The minimum atomic E-state index is -3.00. The lowest BCUT2D eigenvalue weighted by Crippen LogP contribution is -2.45. The molecular formula is C39H39F2N5O6. The highest BCUT2D eigenvalue weighted by Gasteiger charge is 2.39. The zero-order valence-electron chi connectivity index (χ0n) is 28.6. The summed E-state index contributed by atoms with van der Waals surface area (Å²) >= 11 is 0. The monoisotopic (exact) mass is 711 g/mol. The summed E-state index contributed by atoms with van der Waals surface area (Å²) in [6.07, 6.45) is 2.39. The number of benzene rings is 3. The maximum atomic E-state index is 13.5. The van der Waals surface area contributed by atoms with Crippen molar-refractivity contribution in [3.8, 4) is 22.6 Å². The van der Waals surface area contributed by atoms with Crippen molar-refractivity contribution in [2.45, 2.75) is 64.5 Å². The van der Waals surface area contributed by atoms with Crippen LogP contribution < -0.4 is 25.8 Å². The molecular weight excluding hydrogens is 672 g/mol. The second-order valence-electron chi connectivity index (χ2n) is 13.4. The first-order valence-electron chi connectivity index (χ1n) is 17.2. The van der Waals surface area contributed by atoms with Crippen LogP contribution in [0.2, 0.25) is 0 Å². The van der Waals surface area contributed by atoms with Crippen LogP contribution in [-0.2, 0) is 34.1 Å². The molecule has 3 aromatic carbocycles. The van der Waals surface area contributed by atoms with E-state index >= 15 is 0 Å². The number of nitrogens with two attached hydrogens (primary N) is 1. The second kappa shape index (κ2) is 15.0. The number of hydrogen-bond acceptors (Lipinski definition) is 8. The first kappa shape index (κ1) is 34.9. The molecule has 1 unspecified atom stereocenters. The lowest BCUT2D eigenvalue weighted by molar-refractivity contribution is -0.136. The molecule has 1 saturated heterocycles. The zero-order chi connectivity index (χ0) is 36.4. The molecule has 13 heteroatoms. The summed E-state index contributed by atoms with van der Waals surface area (Å²) in [5.41, 5.74) is 12.6. The maximum absolute atomic E-state index is 13.5. The largest absolute Gasteiger partial charge is 0.489 e. The molecule has 3 amide bonds. The third-order valence-corrected chi connectivity index (χ3v) is 9.62. The van der Waals surface area contributed by atoms with E-state index in [0.29, 0.717) is 49.2 Å². The van der Waals surface area contributed by atoms with Crippen molar-refractivity contribution in [1.29, 1.82) is 0 Å². The van der Waals surface area contributed by atoms with E-state index in [1.165, 1.54) is 17.9 Å². The third kappa shape index (κ3) is 7.99. The molecule has 0 radical (unpaired) electrons. The topological polar surface area (TPSA) is 145 Å². The number of alkyl halides is 2. The van der Waals surface area contributed by atoms with Gasteiger partial charge in [0.05, 0.1) is 32.1 Å². The van der Waals surface area contributed by atoms with Crippen molar-refractivity contribution < 1.29 is 37.4 Å². The summed E-state index contributed by atoms with van der Waals surface area (Å²) in [6, 6.07) is 20.4. The molecule has 0 spiro atoms. The number of aromatic nitrogens is 1. The molecule has 3 heterocycles. The lowest BCUT2D eigenvalue weighted by Gasteiger charge is -2.22. The minimum Gasteiger partial charge on any atom is -0.489 e. The summed E-state index contributed by atoms with van der Waals surface area (Å²) in [5.74, 6) is -0.715. The van der Waals surface area contributed by atoms with E-state index in [4.69, 9.17) is 15.2 Å². The maximum Gasteiger partial charge on any atom is 0.387 e. The van der Waals surface area contributed by atoms with Gasteiger partial charge in [-0.25, -0.2) is 4.98 Å². The summed E-state index contributed by atoms with van der Waals surface area (Å²) in [6.45, 7) is -0.0689. The van der Waals surface area contributed by atoms with Crippen molar-refractivity contribution in [2.75, 3.05) is 24.2 Å². The Bertz CT molecular complexity index is 2000. The predicted molar refractivity (Wildman–Crippen MR) is 189 cm³/mol. The number of fused-ring (bicyclic) bond motifs is 3. The molecule has 52 heavy (non-hydrogen) atoms. The van der Waals surface area contributed by atoms with Gasteiger partial charge in [-0.2, -0.15) is 8.78 Å². The number of nitrogens with zero attached hydrogens (tertiary/aromatic N) is 2. The van der Waals surface area contributed by atoms with Crippen LogP contribution >= 0.6 is 0 Å². The Labute approximate surface area is 299 Å². The van der Waals surface area contributed by atoms with E-state index in [9.17, 15) is 23.2 Å². The molecule has 1 aliphatic carbocycles. The highest BCUT2D eigenvalue weighted by Crippen LogP contribution is 2.39. The van der Waals surface area contributed by atoms with Crippen LogP contribution in [-0.4, -0.2) is 53.4 Å². The number of likely N-dealkylation sites (tertiary alicyclic amines) is 1. The van der Waals surface area contributed by atoms with E-state index in [0.717, 1.165) is 40.7 Å². The molecule has 4 aromatic rings. The summed E-state index contributed by atoms with van der Waals surface area (Å²) in [4.78, 5) is 45.3. The number of pyridine rings is 1. The minimum absolute atomic E-state index is 0.0335. The van der Waals surface area contributed by atoms with E-state index in [2.05, 4.69) is 20.4 Å². The Hall–Kier alpha value is -5.56. The van der Waals surface area contributed by atoms with Crippen LogP contribution in [0.1, 0.15) is 65.0 Å². The quantitative estimate of drug-likeness (QED) is 0.160. The second-order valence-corrected chi connectivity index (χ2v) is 13.4. The highest BCUT2D eigenvalue weighted by molar-refractivity contribution is 6.03. The van der Waals surface area contributed by atoms with Gasteiger partial charge in [0.15, 0.2) is 11.5 Å². The van der Waals surface area contributed by atoms with Crippen molar-refractivity contribution >= 4 is 29.1 Å². The van der Waals surface area contributed by atoms with E-state index < -0.39 is 18.6 Å². The molecule has 1 saturated carbocycles. The van der Waals surface area contributed by atoms with Gasteiger partial charge in [0, 0.05) is 30.8 Å². The van der Waals surface area contributed by atoms with Crippen molar-refractivity contribution in [3.63, 3.8) is 0 Å². The molecule has 2 aliphatic heterocycles. The standard InChI is InChI=1S/C39H39F2N5O6/c1-22(47)46-18-25(24-7-12-35(52-39(40)41)36(16-24)51-19-23-5-6-23)15-34(46)38(49)43-17-30-3-2-4-33(44-30)37(48)45-29-9-11-32-27(14-29)21-50-20-26-13-28(42)8-10-31(26)32/h2-4,7-14,16,23,25,34,39H,5-6,15,17-21,42H2,1H3,(H,43,49)(H,45,48)/t25?,34-/m1/s1. The van der Waals surface area contributed by atoms with E-state index in [-0.39, 0.29) is 48.0 Å². The van der Waals surface area contributed by atoms with E-state index in [1.54, 1.807) is 30.3 Å². The Morgan fingerprint density at radius 1 is 0.981 bits per heavy atom. The smallest absolute Gasteiger partial charge is 0.387 e. The molecule has 7 rings (SSSR count). The van der Waals surface area contributed by atoms with Gasteiger partial charge in [-0.1, -0.05) is 24.3 Å². The fourth-order valence-electron chi connectivity index (χ4n) is 6.77. The average Bonchev–Trinajstić information content (AvgIpc) is 3.88. The van der Waals surface area contributed by atoms with Gasteiger partial charge in [-0.3, -0.25) is 14.4 Å². The van der Waals surface area contributed by atoms with Gasteiger partial charge in [-0.05, 0) is 102 Å². The van der Waals surface area contributed by atoms with Crippen LogP contribution in [0.3, 0.4) is 0 Å². The fraction of sp³-hybridized carbons (Fsp3) is 0.333. The third-order valence-electron chi connectivity index (χ3n) is 9.62. The first-order valence-corrected chi connectivity index (χ1v) is 17.2. The SMILES string of the molecule is CC(=O)N1CC(c2ccc(OC(F)F)c(OCC3CC3)c2)C[C@@H]1C(=O)NCc1cccc(C(=O)Nc2ccc3c(c2)COCc2cc(N)ccc2-3)n1. The van der Waals surface area contributed by atoms with Crippen molar-refractivity contribution in [2.24, 2.45) is 5.92 Å². The predicted octanol–water partition coefficient (Wildman–Crippen LogP) is 6.02. The first-order chi connectivity index (χ1) is 25.1. The number of anilines is 2. The molecule has 0 bridgehead atoms. The summed E-state index contributed by atoms with van der Waals surface area (Å²) in [7, 11) is 0. The van der Waals surface area contributed by atoms with Crippen LogP contribution in [0.25, 0.3) is 11.1 Å². The fourth-order valence-corrected chi connectivity index (χ4v) is 6.77. The van der Waals surface area contributed by atoms with Gasteiger partial charge >= 0.3 is 6.61 Å². The molecule has 2 fully saturated rings. The lowest BCUT2D eigenvalue weighted by atomic mass is 9.95. The number of nitrogen functional groups attached to an aromatic ring is 1. The Balaban J connectivity index is 0.991. The number of rotatable bonds is 11. The van der Waals surface area contributed by atoms with Gasteiger partial charge in [0.2, 0.25) is 11.8 Å². The molecule has 1 aromatic heterocycles. The molecule has 4 N–H and O–H groups in total. The van der Waals surface area contributed by atoms with Crippen LogP contribution in [0, 0.1) is 5.92 Å². The number of amides is 3. The average molecular weight is 712 g/mol. The van der Waals surface area contributed by atoms with Crippen LogP contribution in [0.4, 0.5) is 20.2 Å².